The normalized spacial score (nSPS) is 24.6. The molecule has 5 rings (SSSR count). The lowest BCUT2D eigenvalue weighted by molar-refractivity contribution is -0.126. The lowest BCUT2D eigenvalue weighted by atomic mass is 10.0. The third-order valence-electron chi connectivity index (χ3n) is 5.98. The van der Waals surface area contributed by atoms with Crippen LogP contribution in [0.15, 0.2) is 12.1 Å². The zero-order chi connectivity index (χ0) is 17.7. The van der Waals surface area contributed by atoms with Gasteiger partial charge < -0.3 is 10.2 Å². The summed E-state index contributed by atoms with van der Waals surface area (Å²) in [7, 11) is 2.08. The molecule has 0 aromatic carbocycles. The average molecular weight is 355 g/mol. The van der Waals surface area contributed by atoms with Crippen molar-refractivity contribution in [2.75, 3.05) is 31.6 Å². The van der Waals surface area contributed by atoms with E-state index >= 15 is 0 Å². The van der Waals surface area contributed by atoms with Crippen LogP contribution in [-0.2, 0) is 4.79 Å². The standard InChI is InChI=1S/C18H25N7O/c1-23(14-4-2-3-9-19-18(14)26)13-10-24(11-13)16-8-7-15-20-21-17(12-5-6-12)25(15)22-16/h7-8,12-14H,2-6,9-11H2,1H3,(H,19,26). The number of anilines is 1. The summed E-state index contributed by atoms with van der Waals surface area (Å²) in [6, 6.07) is 4.41. The minimum absolute atomic E-state index is 0.000549. The van der Waals surface area contributed by atoms with Crippen molar-refractivity contribution in [2.24, 2.45) is 0 Å². The molecular formula is C18H25N7O. The smallest absolute Gasteiger partial charge is 0.237 e. The van der Waals surface area contributed by atoms with E-state index in [2.05, 4.69) is 32.4 Å². The van der Waals surface area contributed by atoms with E-state index in [1.54, 1.807) is 0 Å². The minimum Gasteiger partial charge on any atom is -0.355 e. The Bertz CT molecular complexity index is 824. The van der Waals surface area contributed by atoms with Crippen LogP contribution < -0.4 is 10.2 Å². The number of amides is 1. The number of likely N-dealkylation sites (N-methyl/N-ethyl adjacent to an activating group) is 1. The molecule has 26 heavy (non-hydrogen) atoms. The number of hydrogen-bond donors (Lipinski definition) is 1. The zero-order valence-corrected chi connectivity index (χ0v) is 15.1. The summed E-state index contributed by atoms with van der Waals surface area (Å²) in [6.45, 7) is 2.62. The van der Waals surface area contributed by atoms with Crippen molar-refractivity contribution in [3.63, 3.8) is 0 Å². The quantitative estimate of drug-likeness (QED) is 0.874. The van der Waals surface area contributed by atoms with E-state index in [4.69, 9.17) is 5.10 Å². The lowest BCUT2D eigenvalue weighted by Crippen LogP contribution is -2.62. The molecule has 0 spiro atoms. The first-order chi connectivity index (χ1) is 12.7. The molecule has 2 aromatic heterocycles. The van der Waals surface area contributed by atoms with Gasteiger partial charge in [-0.15, -0.1) is 15.3 Å². The molecule has 3 fully saturated rings. The predicted octanol–water partition coefficient (Wildman–Crippen LogP) is 0.791. The Morgan fingerprint density at radius 2 is 2.00 bits per heavy atom. The highest BCUT2D eigenvalue weighted by Gasteiger charge is 2.37. The highest BCUT2D eigenvalue weighted by atomic mass is 16.2. The SMILES string of the molecule is CN(C1CN(c2ccc3nnc(C4CC4)n3n2)C1)C1CCCCNC1=O. The summed E-state index contributed by atoms with van der Waals surface area (Å²) in [4.78, 5) is 16.8. The summed E-state index contributed by atoms with van der Waals surface area (Å²) >= 11 is 0. The van der Waals surface area contributed by atoms with Crippen LogP contribution in [0.1, 0.15) is 43.8 Å². The molecule has 8 heteroatoms. The molecule has 2 saturated heterocycles. The van der Waals surface area contributed by atoms with Gasteiger partial charge in [0.05, 0.1) is 6.04 Å². The van der Waals surface area contributed by atoms with Crippen LogP contribution in [0.3, 0.4) is 0 Å². The van der Waals surface area contributed by atoms with Gasteiger partial charge in [0, 0.05) is 31.6 Å². The van der Waals surface area contributed by atoms with E-state index in [1.165, 1.54) is 12.8 Å². The highest BCUT2D eigenvalue weighted by Crippen LogP contribution is 2.38. The first kappa shape index (κ1) is 16.0. The molecule has 3 aliphatic rings. The van der Waals surface area contributed by atoms with Crippen molar-refractivity contribution in [2.45, 2.75) is 50.1 Å². The van der Waals surface area contributed by atoms with Crippen LogP contribution in [0.4, 0.5) is 5.82 Å². The molecule has 0 radical (unpaired) electrons. The number of carbonyl (C=O) groups is 1. The van der Waals surface area contributed by atoms with Gasteiger partial charge in [0.25, 0.3) is 0 Å². The summed E-state index contributed by atoms with van der Waals surface area (Å²) < 4.78 is 1.91. The largest absolute Gasteiger partial charge is 0.355 e. The first-order valence-electron chi connectivity index (χ1n) is 9.67. The average Bonchev–Trinajstić information content (AvgIpc) is 3.38. The van der Waals surface area contributed by atoms with E-state index in [1.807, 2.05) is 16.6 Å². The number of fused-ring (bicyclic) bond motifs is 1. The fourth-order valence-electron chi connectivity index (χ4n) is 4.03. The number of nitrogens with one attached hydrogen (secondary N) is 1. The van der Waals surface area contributed by atoms with Gasteiger partial charge in [0.15, 0.2) is 11.5 Å². The third-order valence-corrected chi connectivity index (χ3v) is 5.98. The van der Waals surface area contributed by atoms with Gasteiger partial charge in [-0.25, -0.2) is 0 Å². The van der Waals surface area contributed by atoms with E-state index in [0.717, 1.165) is 56.2 Å². The summed E-state index contributed by atoms with van der Waals surface area (Å²) in [5, 5.41) is 16.3. The third kappa shape index (κ3) is 2.72. The number of rotatable bonds is 4. The van der Waals surface area contributed by atoms with E-state index in [-0.39, 0.29) is 11.9 Å². The van der Waals surface area contributed by atoms with Crippen molar-refractivity contribution < 1.29 is 4.79 Å². The van der Waals surface area contributed by atoms with E-state index < -0.39 is 0 Å². The molecule has 2 aliphatic heterocycles. The van der Waals surface area contributed by atoms with Gasteiger partial charge in [0.2, 0.25) is 5.91 Å². The molecule has 1 saturated carbocycles. The number of hydrogen-bond acceptors (Lipinski definition) is 6. The number of carbonyl (C=O) groups excluding carboxylic acids is 1. The monoisotopic (exact) mass is 355 g/mol. The van der Waals surface area contributed by atoms with Gasteiger partial charge in [-0.05, 0) is 51.3 Å². The zero-order valence-electron chi connectivity index (χ0n) is 15.1. The van der Waals surface area contributed by atoms with Crippen LogP contribution in [0.25, 0.3) is 5.65 Å². The number of nitrogens with zero attached hydrogens (tertiary/aromatic N) is 6. The van der Waals surface area contributed by atoms with E-state index in [0.29, 0.717) is 12.0 Å². The molecule has 2 aromatic rings. The van der Waals surface area contributed by atoms with Gasteiger partial charge in [-0.2, -0.15) is 4.52 Å². The molecular weight excluding hydrogens is 330 g/mol. The molecule has 1 amide bonds. The molecule has 4 heterocycles. The maximum absolute atomic E-state index is 12.3. The van der Waals surface area contributed by atoms with Crippen LogP contribution in [0.5, 0.6) is 0 Å². The summed E-state index contributed by atoms with van der Waals surface area (Å²) in [5.74, 6) is 2.67. The van der Waals surface area contributed by atoms with Crippen molar-refractivity contribution >= 4 is 17.4 Å². The Morgan fingerprint density at radius 1 is 1.15 bits per heavy atom. The van der Waals surface area contributed by atoms with Gasteiger partial charge in [0.1, 0.15) is 5.82 Å². The lowest BCUT2D eigenvalue weighted by Gasteiger charge is -2.46. The van der Waals surface area contributed by atoms with Crippen LogP contribution in [0.2, 0.25) is 0 Å². The highest BCUT2D eigenvalue weighted by molar-refractivity contribution is 5.82. The predicted molar refractivity (Wildman–Crippen MR) is 97.2 cm³/mol. The first-order valence-corrected chi connectivity index (χ1v) is 9.67. The van der Waals surface area contributed by atoms with Crippen molar-refractivity contribution in [3.05, 3.63) is 18.0 Å². The molecule has 0 bridgehead atoms. The fraction of sp³-hybridized carbons (Fsp3) is 0.667. The van der Waals surface area contributed by atoms with Crippen molar-refractivity contribution in [3.8, 4) is 0 Å². The Morgan fingerprint density at radius 3 is 2.81 bits per heavy atom. The second kappa shape index (κ2) is 6.19. The van der Waals surface area contributed by atoms with Gasteiger partial charge in [-0.1, -0.05) is 0 Å². The maximum atomic E-state index is 12.3. The maximum Gasteiger partial charge on any atom is 0.237 e. The summed E-state index contributed by atoms with van der Waals surface area (Å²) in [5.41, 5.74) is 0.819. The second-order valence-corrected chi connectivity index (χ2v) is 7.82. The van der Waals surface area contributed by atoms with Crippen LogP contribution in [-0.4, -0.2) is 69.4 Å². The fourth-order valence-corrected chi connectivity index (χ4v) is 4.03. The van der Waals surface area contributed by atoms with E-state index in [9.17, 15) is 4.79 Å². The van der Waals surface area contributed by atoms with Crippen LogP contribution >= 0.6 is 0 Å². The topological polar surface area (TPSA) is 78.7 Å². The second-order valence-electron chi connectivity index (χ2n) is 7.82. The van der Waals surface area contributed by atoms with Crippen molar-refractivity contribution in [1.82, 2.24) is 30.0 Å². The molecule has 1 atom stereocenters. The summed E-state index contributed by atoms with van der Waals surface area (Å²) in [6.07, 6.45) is 5.52. The molecule has 1 aliphatic carbocycles. The van der Waals surface area contributed by atoms with Crippen LogP contribution in [0, 0.1) is 0 Å². The Labute approximate surface area is 152 Å². The molecule has 1 N–H and O–H groups in total. The van der Waals surface area contributed by atoms with Gasteiger partial charge >= 0.3 is 0 Å². The minimum atomic E-state index is -0.000549. The Hall–Kier alpha value is -2.22. The molecule has 1 unspecified atom stereocenters. The van der Waals surface area contributed by atoms with Gasteiger partial charge in [-0.3, -0.25) is 9.69 Å². The molecule has 8 nitrogen and oxygen atoms in total. The number of aromatic nitrogens is 4. The Kier molecular flexibility index (Phi) is 3.81. The van der Waals surface area contributed by atoms with Crippen molar-refractivity contribution in [1.29, 1.82) is 0 Å². The Balaban J connectivity index is 1.28. The molecule has 138 valence electrons.